The number of aromatic nitrogens is 4. The summed E-state index contributed by atoms with van der Waals surface area (Å²) in [5.41, 5.74) is 1.02. The molecule has 0 spiro atoms. The number of halogens is 1. The van der Waals surface area contributed by atoms with Crippen molar-refractivity contribution < 1.29 is 9.18 Å². The first-order chi connectivity index (χ1) is 10.7. The van der Waals surface area contributed by atoms with Crippen LogP contribution in [0.1, 0.15) is 6.42 Å². The van der Waals surface area contributed by atoms with Gasteiger partial charge in [0.15, 0.2) is 0 Å². The molecule has 1 aromatic heterocycles. The summed E-state index contributed by atoms with van der Waals surface area (Å²) in [6.07, 6.45) is 2.41. The van der Waals surface area contributed by atoms with E-state index in [-0.39, 0.29) is 18.3 Å². The molecule has 1 aliphatic heterocycles. The summed E-state index contributed by atoms with van der Waals surface area (Å²) in [6.45, 7) is 2.52. The van der Waals surface area contributed by atoms with Crippen LogP contribution in [0.2, 0.25) is 0 Å². The van der Waals surface area contributed by atoms with Gasteiger partial charge in [0.05, 0.1) is 0 Å². The Morgan fingerprint density at radius 2 is 2.18 bits per heavy atom. The molecule has 1 unspecified atom stereocenters. The SMILES string of the molecule is O=C(Cn1cnnn1)NCC1CCN(c2ccc(F)cc2)C1. The van der Waals surface area contributed by atoms with E-state index in [1.54, 1.807) is 12.1 Å². The van der Waals surface area contributed by atoms with Gasteiger partial charge in [0.25, 0.3) is 0 Å². The van der Waals surface area contributed by atoms with E-state index in [4.69, 9.17) is 0 Å². The topological polar surface area (TPSA) is 75.9 Å². The molecule has 1 aliphatic rings. The fourth-order valence-electron chi connectivity index (χ4n) is 2.60. The van der Waals surface area contributed by atoms with Crippen molar-refractivity contribution in [1.29, 1.82) is 0 Å². The van der Waals surface area contributed by atoms with Gasteiger partial charge in [-0.25, -0.2) is 9.07 Å². The molecule has 1 saturated heterocycles. The third-order valence-corrected chi connectivity index (χ3v) is 3.76. The molecule has 2 heterocycles. The van der Waals surface area contributed by atoms with Crippen LogP contribution in [-0.2, 0) is 11.3 Å². The Morgan fingerprint density at radius 1 is 1.36 bits per heavy atom. The molecule has 22 heavy (non-hydrogen) atoms. The highest BCUT2D eigenvalue weighted by molar-refractivity contribution is 5.75. The average Bonchev–Trinajstić information content (AvgIpc) is 3.17. The molecule has 3 rings (SSSR count). The number of amides is 1. The summed E-state index contributed by atoms with van der Waals surface area (Å²) in [6, 6.07) is 6.51. The minimum absolute atomic E-state index is 0.104. The van der Waals surface area contributed by atoms with Crippen molar-refractivity contribution in [2.45, 2.75) is 13.0 Å². The smallest absolute Gasteiger partial charge is 0.241 e. The summed E-state index contributed by atoms with van der Waals surface area (Å²) in [4.78, 5) is 14.0. The van der Waals surface area contributed by atoms with Crippen LogP contribution < -0.4 is 10.2 Å². The zero-order valence-corrected chi connectivity index (χ0v) is 12.0. The first-order valence-corrected chi connectivity index (χ1v) is 7.19. The van der Waals surface area contributed by atoms with Crippen LogP contribution in [0.3, 0.4) is 0 Å². The van der Waals surface area contributed by atoms with Gasteiger partial charge < -0.3 is 10.2 Å². The summed E-state index contributed by atoms with van der Waals surface area (Å²) in [5.74, 6) is 0.0600. The molecule has 8 heteroatoms. The second-order valence-electron chi connectivity index (χ2n) is 5.39. The zero-order valence-electron chi connectivity index (χ0n) is 12.0. The Bertz CT molecular complexity index is 615. The van der Waals surface area contributed by atoms with E-state index in [9.17, 15) is 9.18 Å². The molecule has 1 amide bonds. The maximum Gasteiger partial charge on any atom is 0.241 e. The van der Waals surface area contributed by atoms with Crippen molar-refractivity contribution >= 4 is 11.6 Å². The van der Waals surface area contributed by atoms with Crippen molar-refractivity contribution in [3.05, 3.63) is 36.4 Å². The number of tetrazole rings is 1. The lowest BCUT2D eigenvalue weighted by Gasteiger charge is -2.18. The van der Waals surface area contributed by atoms with E-state index in [1.807, 2.05) is 0 Å². The lowest BCUT2D eigenvalue weighted by atomic mass is 10.1. The second-order valence-corrected chi connectivity index (χ2v) is 5.39. The van der Waals surface area contributed by atoms with E-state index in [0.717, 1.165) is 25.2 Å². The fraction of sp³-hybridized carbons (Fsp3) is 0.429. The number of rotatable bonds is 5. The molecule has 1 atom stereocenters. The summed E-state index contributed by atoms with van der Waals surface area (Å²) in [5, 5.41) is 13.5. The zero-order chi connectivity index (χ0) is 15.4. The van der Waals surface area contributed by atoms with Crippen LogP contribution in [0.5, 0.6) is 0 Å². The molecular weight excluding hydrogens is 287 g/mol. The standard InChI is InChI=1S/C14H17FN6O/c15-12-1-3-13(4-2-12)20-6-5-11(8-20)7-16-14(22)9-21-10-17-18-19-21/h1-4,10-11H,5-9H2,(H,16,22). The lowest BCUT2D eigenvalue weighted by Crippen LogP contribution is -2.33. The van der Waals surface area contributed by atoms with Gasteiger partial charge in [-0.1, -0.05) is 0 Å². The molecule has 0 radical (unpaired) electrons. The molecular formula is C14H17FN6O. The predicted molar refractivity (Wildman–Crippen MR) is 77.5 cm³/mol. The Morgan fingerprint density at radius 3 is 2.91 bits per heavy atom. The van der Waals surface area contributed by atoms with Crippen LogP contribution >= 0.6 is 0 Å². The number of nitrogens with one attached hydrogen (secondary N) is 1. The van der Waals surface area contributed by atoms with Crippen LogP contribution in [0.15, 0.2) is 30.6 Å². The number of hydrogen-bond acceptors (Lipinski definition) is 5. The van der Waals surface area contributed by atoms with Crippen molar-refractivity contribution in [1.82, 2.24) is 25.5 Å². The average molecular weight is 304 g/mol. The molecule has 7 nitrogen and oxygen atoms in total. The minimum atomic E-state index is -0.227. The number of benzene rings is 1. The van der Waals surface area contributed by atoms with Crippen LogP contribution in [-0.4, -0.2) is 45.7 Å². The van der Waals surface area contributed by atoms with Crippen molar-refractivity contribution in [2.24, 2.45) is 5.92 Å². The Labute approximate surface area is 127 Å². The van der Waals surface area contributed by atoms with Gasteiger partial charge in [-0.3, -0.25) is 4.79 Å². The van der Waals surface area contributed by atoms with Crippen LogP contribution in [0.4, 0.5) is 10.1 Å². The maximum atomic E-state index is 12.9. The fourth-order valence-corrected chi connectivity index (χ4v) is 2.60. The first-order valence-electron chi connectivity index (χ1n) is 7.19. The molecule has 1 N–H and O–H groups in total. The molecule has 2 aromatic rings. The third-order valence-electron chi connectivity index (χ3n) is 3.76. The van der Waals surface area contributed by atoms with Gasteiger partial charge in [-0.15, -0.1) is 5.10 Å². The largest absolute Gasteiger partial charge is 0.371 e. The van der Waals surface area contributed by atoms with Crippen molar-refractivity contribution in [2.75, 3.05) is 24.5 Å². The third kappa shape index (κ3) is 3.57. The molecule has 0 bridgehead atoms. The Kier molecular flexibility index (Phi) is 4.27. The molecule has 0 aliphatic carbocycles. The van der Waals surface area contributed by atoms with E-state index in [2.05, 4.69) is 25.7 Å². The maximum absolute atomic E-state index is 12.9. The molecule has 116 valence electrons. The quantitative estimate of drug-likeness (QED) is 0.868. The number of anilines is 1. The van der Waals surface area contributed by atoms with E-state index < -0.39 is 0 Å². The lowest BCUT2D eigenvalue weighted by molar-refractivity contribution is -0.122. The van der Waals surface area contributed by atoms with Gasteiger partial charge in [0.1, 0.15) is 18.7 Å². The van der Waals surface area contributed by atoms with E-state index in [1.165, 1.54) is 23.1 Å². The summed E-state index contributed by atoms with van der Waals surface area (Å²) in [7, 11) is 0. The number of carbonyl (C=O) groups excluding carboxylic acids is 1. The van der Waals surface area contributed by atoms with Gasteiger partial charge in [0, 0.05) is 25.3 Å². The predicted octanol–water partition coefficient (Wildman–Crippen LogP) is 0.455. The Balaban J connectivity index is 1.45. The first kappa shape index (κ1) is 14.4. The molecule has 1 aromatic carbocycles. The van der Waals surface area contributed by atoms with Crippen LogP contribution in [0.25, 0.3) is 0 Å². The van der Waals surface area contributed by atoms with Gasteiger partial charge in [0.2, 0.25) is 5.91 Å². The normalized spacial score (nSPS) is 17.7. The van der Waals surface area contributed by atoms with Crippen molar-refractivity contribution in [3.8, 4) is 0 Å². The highest BCUT2D eigenvalue weighted by atomic mass is 19.1. The summed E-state index contributed by atoms with van der Waals surface area (Å²) >= 11 is 0. The number of nitrogens with zero attached hydrogens (tertiary/aromatic N) is 5. The monoisotopic (exact) mass is 304 g/mol. The van der Waals surface area contributed by atoms with E-state index >= 15 is 0 Å². The van der Waals surface area contributed by atoms with Gasteiger partial charge in [-0.2, -0.15) is 0 Å². The van der Waals surface area contributed by atoms with Crippen LogP contribution in [0, 0.1) is 11.7 Å². The number of hydrogen-bond donors (Lipinski definition) is 1. The highest BCUT2D eigenvalue weighted by Gasteiger charge is 2.23. The highest BCUT2D eigenvalue weighted by Crippen LogP contribution is 2.23. The van der Waals surface area contributed by atoms with E-state index in [0.29, 0.717) is 12.5 Å². The number of carbonyl (C=O) groups is 1. The van der Waals surface area contributed by atoms with Gasteiger partial charge in [-0.05, 0) is 47.0 Å². The van der Waals surface area contributed by atoms with Gasteiger partial charge >= 0.3 is 0 Å². The molecule has 0 saturated carbocycles. The minimum Gasteiger partial charge on any atom is -0.371 e. The van der Waals surface area contributed by atoms with Crippen molar-refractivity contribution in [3.63, 3.8) is 0 Å². The summed E-state index contributed by atoms with van der Waals surface area (Å²) < 4.78 is 14.3. The Hall–Kier alpha value is -2.51. The molecule has 1 fully saturated rings. The second kappa shape index (κ2) is 6.50.